The Balaban J connectivity index is 1.99. The summed E-state index contributed by atoms with van der Waals surface area (Å²) in [4.78, 5) is 2.54. The van der Waals surface area contributed by atoms with Gasteiger partial charge in [0.05, 0.1) is 6.10 Å². The lowest BCUT2D eigenvalue weighted by Gasteiger charge is -2.28. The Bertz CT molecular complexity index is 317. The van der Waals surface area contributed by atoms with E-state index in [-0.39, 0.29) is 6.10 Å². The van der Waals surface area contributed by atoms with E-state index in [1.165, 1.54) is 31.5 Å². The first-order chi connectivity index (χ1) is 8.25. The molecule has 0 aliphatic carbocycles. The molecule has 1 heterocycles. The van der Waals surface area contributed by atoms with Crippen LogP contribution in [0.25, 0.3) is 0 Å². The molecule has 94 valence electrons. The molecule has 0 amide bonds. The van der Waals surface area contributed by atoms with Crippen LogP contribution in [0.4, 0.5) is 0 Å². The van der Waals surface area contributed by atoms with Gasteiger partial charge in [-0.3, -0.25) is 4.90 Å². The van der Waals surface area contributed by atoms with Gasteiger partial charge in [0.2, 0.25) is 0 Å². The molecule has 2 nitrogen and oxygen atoms in total. The number of benzene rings is 1. The maximum atomic E-state index is 9.63. The second-order valence-corrected chi connectivity index (χ2v) is 5.17. The van der Waals surface area contributed by atoms with Crippen LogP contribution in [0.2, 0.25) is 0 Å². The Morgan fingerprint density at radius 3 is 2.41 bits per heavy atom. The third-order valence-corrected chi connectivity index (χ3v) is 3.58. The molecule has 1 aromatic rings. The van der Waals surface area contributed by atoms with Crippen LogP contribution in [0.3, 0.4) is 0 Å². The number of likely N-dealkylation sites (tertiary alicyclic amines) is 1. The van der Waals surface area contributed by atoms with Crippen LogP contribution in [-0.4, -0.2) is 35.2 Å². The molecule has 0 spiro atoms. The highest BCUT2D eigenvalue weighted by atomic mass is 16.3. The molecule has 0 saturated carbocycles. The summed E-state index contributed by atoms with van der Waals surface area (Å²) in [6, 6.07) is 11.1. The van der Waals surface area contributed by atoms with E-state index in [4.69, 9.17) is 0 Å². The van der Waals surface area contributed by atoms with Crippen LogP contribution in [0.5, 0.6) is 0 Å². The van der Waals surface area contributed by atoms with Crippen molar-refractivity contribution in [2.45, 2.75) is 44.8 Å². The van der Waals surface area contributed by atoms with Crippen molar-refractivity contribution in [2.24, 2.45) is 0 Å². The van der Waals surface area contributed by atoms with Crippen molar-refractivity contribution < 1.29 is 5.11 Å². The largest absolute Gasteiger partial charge is 0.393 e. The normalized spacial score (nSPS) is 20.4. The van der Waals surface area contributed by atoms with Gasteiger partial charge in [0.1, 0.15) is 0 Å². The Hall–Kier alpha value is -0.860. The highest BCUT2D eigenvalue weighted by Crippen LogP contribution is 2.19. The van der Waals surface area contributed by atoms with Crippen molar-refractivity contribution in [3.8, 4) is 0 Å². The topological polar surface area (TPSA) is 23.5 Å². The van der Waals surface area contributed by atoms with Gasteiger partial charge in [-0.05, 0) is 51.3 Å². The third kappa shape index (κ3) is 3.83. The van der Waals surface area contributed by atoms with Gasteiger partial charge >= 0.3 is 0 Å². The minimum atomic E-state index is -0.204. The maximum absolute atomic E-state index is 9.63. The van der Waals surface area contributed by atoms with Gasteiger partial charge in [0.25, 0.3) is 0 Å². The minimum absolute atomic E-state index is 0.204. The van der Waals surface area contributed by atoms with Gasteiger partial charge in [-0.2, -0.15) is 0 Å². The second-order valence-electron chi connectivity index (χ2n) is 5.17. The Kier molecular flexibility index (Phi) is 4.57. The van der Waals surface area contributed by atoms with Gasteiger partial charge in [0, 0.05) is 6.04 Å². The highest BCUT2D eigenvalue weighted by molar-refractivity contribution is 5.16. The van der Waals surface area contributed by atoms with Crippen molar-refractivity contribution in [3.05, 3.63) is 35.9 Å². The zero-order valence-corrected chi connectivity index (χ0v) is 10.7. The van der Waals surface area contributed by atoms with E-state index < -0.39 is 0 Å². The fourth-order valence-electron chi connectivity index (χ4n) is 2.75. The van der Waals surface area contributed by atoms with Crippen molar-refractivity contribution >= 4 is 0 Å². The number of hydrogen-bond donors (Lipinski definition) is 1. The van der Waals surface area contributed by atoms with E-state index in [2.05, 4.69) is 35.2 Å². The first-order valence-electron chi connectivity index (χ1n) is 6.72. The third-order valence-electron chi connectivity index (χ3n) is 3.58. The molecule has 0 aromatic heterocycles. The molecule has 0 radical (unpaired) electrons. The molecule has 2 atom stereocenters. The van der Waals surface area contributed by atoms with Gasteiger partial charge in [0.15, 0.2) is 0 Å². The van der Waals surface area contributed by atoms with Crippen LogP contribution >= 0.6 is 0 Å². The Labute approximate surface area is 104 Å². The van der Waals surface area contributed by atoms with Gasteiger partial charge in [-0.15, -0.1) is 0 Å². The van der Waals surface area contributed by atoms with E-state index in [1.807, 2.05) is 6.92 Å². The summed E-state index contributed by atoms with van der Waals surface area (Å²) < 4.78 is 0. The number of nitrogens with zero attached hydrogens (tertiary/aromatic N) is 1. The van der Waals surface area contributed by atoms with E-state index in [0.29, 0.717) is 6.04 Å². The maximum Gasteiger partial charge on any atom is 0.0527 e. The summed E-state index contributed by atoms with van der Waals surface area (Å²) >= 11 is 0. The molecule has 2 heteroatoms. The lowest BCUT2D eigenvalue weighted by atomic mass is 10.00. The average Bonchev–Trinajstić information content (AvgIpc) is 2.82. The summed E-state index contributed by atoms with van der Waals surface area (Å²) in [6.07, 6.45) is 4.36. The molecule has 1 aromatic carbocycles. The van der Waals surface area contributed by atoms with E-state index in [1.54, 1.807) is 0 Å². The van der Waals surface area contributed by atoms with Crippen LogP contribution < -0.4 is 0 Å². The molecule has 1 saturated heterocycles. The highest BCUT2D eigenvalue weighted by Gasteiger charge is 2.23. The van der Waals surface area contributed by atoms with Crippen LogP contribution in [-0.2, 0) is 6.42 Å². The molecular weight excluding hydrogens is 210 g/mol. The van der Waals surface area contributed by atoms with E-state index in [9.17, 15) is 5.11 Å². The van der Waals surface area contributed by atoms with Crippen molar-refractivity contribution in [1.82, 2.24) is 4.90 Å². The quantitative estimate of drug-likeness (QED) is 0.844. The predicted octanol–water partition coefficient (Wildman–Crippen LogP) is 2.46. The van der Waals surface area contributed by atoms with Gasteiger partial charge in [-0.25, -0.2) is 0 Å². The predicted molar refractivity (Wildman–Crippen MR) is 71.0 cm³/mol. The van der Waals surface area contributed by atoms with Gasteiger partial charge in [-0.1, -0.05) is 30.3 Å². The molecule has 1 aliphatic heterocycles. The Morgan fingerprint density at radius 1 is 1.18 bits per heavy atom. The molecular formula is C15H23NO. The minimum Gasteiger partial charge on any atom is -0.393 e. The van der Waals surface area contributed by atoms with Crippen LogP contribution in [0, 0.1) is 0 Å². The Morgan fingerprint density at radius 2 is 1.82 bits per heavy atom. The molecule has 1 aliphatic rings. The molecule has 2 unspecified atom stereocenters. The average molecular weight is 233 g/mol. The van der Waals surface area contributed by atoms with Crippen LogP contribution in [0.1, 0.15) is 31.7 Å². The summed E-state index contributed by atoms with van der Waals surface area (Å²) in [5, 5.41) is 9.63. The standard InChI is InChI=1S/C15H23NO/c1-13(17)11-15(16-9-5-6-10-16)12-14-7-3-2-4-8-14/h2-4,7-8,13,15,17H,5-6,9-12H2,1H3. The monoisotopic (exact) mass is 233 g/mol. The zero-order valence-electron chi connectivity index (χ0n) is 10.7. The first kappa shape index (κ1) is 12.6. The van der Waals surface area contributed by atoms with Crippen molar-refractivity contribution in [3.63, 3.8) is 0 Å². The number of hydrogen-bond acceptors (Lipinski definition) is 2. The molecule has 1 N–H and O–H groups in total. The number of aliphatic hydroxyl groups is 1. The molecule has 17 heavy (non-hydrogen) atoms. The van der Waals surface area contributed by atoms with E-state index >= 15 is 0 Å². The smallest absolute Gasteiger partial charge is 0.0527 e. The summed E-state index contributed by atoms with van der Waals surface area (Å²) in [7, 11) is 0. The summed E-state index contributed by atoms with van der Waals surface area (Å²) in [6.45, 7) is 4.29. The van der Waals surface area contributed by atoms with Gasteiger partial charge < -0.3 is 5.11 Å². The van der Waals surface area contributed by atoms with Crippen molar-refractivity contribution in [1.29, 1.82) is 0 Å². The fraction of sp³-hybridized carbons (Fsp3) is 0.600. The van der Waals surface area contributed by atoms with Crippen LogP contribution in [0.15, 0.2) is 30.3 Å². The lowest BCUT2D eigenvalue weighted by Crippen LogP contribution is -2.36. The first-order valence-corrected chi connectivity index (χ1v) is 6.72. The SMILES string of the molecule is CC(O)CC(Cc1ccccc1)N1CCCC1. The summed E-state index contributed by atoms with van der Waals surface area (Å²) in [5.74, 6) is 0. The zero-order chi connectivity index (χ0) is 12.1. The number of aliphatic hydroxyl groups excluding tert-OH is 1. The molecule has 0 bridgehead atoms. The fourth-order valence-corrected chi connectivity index (χ4v) is 2.75. The molecule has 2 rings (SSSR count). The summed E-state index contributed by atoms with van der Waals surface area (Å²) in [5.41, 5.74) is 1.38. The lowest BCUT2D eigenvalue weighted by molar-refractivity contribution is 0.125. The van der Waals surface area contributed by atoms with E-state index in [0.717, 1.165) is 12.8 Å². The number of rotatable bonds is 5. The second kappa shape index (κ2) is 6.18. The van der Waals surface area contributed by atoms with Crippen molar-refractivity contribution in [2.75, 3.05) is 13.1 Å². The molecule has 1 fully saturated rings.